The Morgan fingerprint density at radius 3 is 2.50 bits per heavy atom. The average molecular weight is 283 g/mol. The van der Waals surface area contributed by atoms with Gasteiger partial charge < -0.3 is 21.1 Å². The van der Waals surface area contributed by atoms with Gasteiger partial charge in [-0.05, 0) is 38.6 Å². The van der Waals surface area contributed by atoms with E-state index in [1.165, 1.54) is 12.8 Å². The summed E-state index contributed by atoms with van der Waals surface area (Å²) in [7, 11) is 0. The van der Waals surface area contributed by atoms with E-state index in [1.807, 2.05) is 0 Å². The Kier molecular flexibility index (Phi) is 5.64. The van der Waals surface area contributed by atoms with Crippen LogP contribution in [0.5, 0.6) is 0 Å². The van der Waals surface area contributed by atoms with Gasteiger partial charge in [0.15, 0.2) is 0 Å². The van der Waals surface area contributed by atoms with Crippen LogP contribution in [0.1, 0.15) is 44.9 Å². The van der Waals surface area contributed by atoms with Gasteiger partial charge in [0.1, 0.15) is 0 Å². The second-order valence-corrected chi connectivity index (χ2v) is 5.82. The number of hydrogen-bond donors (Lipinski definition) is 4. The Morgan fingerprint density at radius 1 is 1.05 bits per heavy atom. The molecule has 2 fully saturated rings. The predicted octanol–water partition coefficient (Wildman–Crippen LogP) is 1.07. The lowest BCUT2D eigenvalue weighted by Gasteiger charge is -2.29. The summed E-state index contributed by atoms with van der Waals surface area (Å²) in [4.78, 5) is 22.9. The molecule has 0 heterocycles. The van der Waals surface area contributed by atoms with Gasteiger partial charge in [0, 0.05) is 18.6 Å². The van der Waals surface area contributed by atoms with Crippen molar-refractivity contribution in [3.63, 3.8) is 0 Å². The molecule has 0 aromatic carbocycles. The second kappa shape index (κ2) is 7.47. The molecule has 0 saturated heterocycles. The van der Waals surface area contributed by atoms with E-state index >= 15 is 0 Å². The Balaban J connectivity index is 1.60. The third-order valence-corrected chi connectivity index (χ3v) is 4.05. The Labute approximate surface area is 119 Å². The van der Waals surface area contributed by atoms with Crippen molar-refractivity contribution in [2.75, 3.05) is 13.1 Å². The Morgan fingerprint density at radius 2 is 1.80 bits per heavy atom. The molecule has 0 aromatic heterocycles. The first-order valence-electron chi connectivity index (χ1n) is 7.67. The number of amides is 2. The van der Waals surface area contributed by atoms with Gasteiger partial charge in [0.2, 0.25) is 0 Å². The van der Waals surface area contributed by atoms with Crippen LogP contribution in [0, 0.1) is 5.92 Å². The fourth-order valence-corrected chi connectivity index (χ4v) is 2.70. The lowest BCUT2D eigenvalue weighted by Crippen LogP contribution is -2.49. The largest absolute Gasteiger partial charge is 0.481 e. The number of nitrogens with one attached hydrogen (secondary N) is 3. The van der Waals surface area contributed by atoms with Gasteiger partial charge in [0.25, 0.3) is 0 Å². The highest BCUT2D eigenvalue weighted by atomic mass is 16.4. The van der Waals surface area contributed by atoms with Crippen molar-refractivity contribution < 1.29 is 14.7 Å². The molecule has 0 radical (unpaired) electrons. The van der Waals surface area contributed by atoms with Crippen LogP contribution in [0.15, 0.2) is 0 Å². The van der Waals surface area contributed by atoms with E-state index in [9.17, 15) is 9.59 Å². The molecule has 2 amide bonds. The number of urea groups is 1. The van der Waals surface area contributed by atoms with Gasteiger partial charge in [0.05, 0.1) is 5.92 Å². The first-order valence-corrected chi connectivity index (χ1v) is 7.67. The van der Waals surface area contributed by atoms with Crippen molar-refractivity contribution in [3.05, 3.63) is 0 Å². The van der Waals surface area contributed by atoms with Crippen LogP contribution in [0.4, 0.5) is 4.79 Å². The smallest absolute Gasteiger partial charge is 0.315 e. The van der Waals surface area contributed by atoms with Gasteiger partial charge in [-0.3, -0.25) is 4.79 Å². The zero-order chi connectivity index (χ0) is 14.4. The van der Waals surface area contributed by atoms with Crippen LogP contribution in [0.25, 0.3) is 0 Å². The third-order valence-electron chi connectivity index (χ3n) is 4.05. The minimum absolute atomic E-state index is 0.231. The molecule has 2 unspecified atom stereocenters. The number of carboxylic acid groups (broad SMARTS) is 1. The number of hydrogen-bond acceptors (Lipinski definition) is 3. The molecule has 4 N–H and O–H groups in total. The maximum absolute atomic E-state index is 11.8. The van der Waals surface area contributed by atoms with E-state index in [0.29, 0.717) is 19.0 Å². The Hall–Kier alpha value is -1.30. The summed E-state index contributed by atoms with van der Waals surface area (Å²) < 4.78 is 0. The molecule has 20 heavy (non-hydrogen) atoms. The summed E-state index contributed by atoms with van der Waals surface area (Å²) in [6, 6.07) is 0.225. The fraction of sp³-hybridized carbons (Fsp3) is 0.857. The predicted molar refractivity (Wildman–Crippen MR) is 75.6 cm³/mol. The summed E-state index contributed by atoms with van der Waals surface area (Å²) in [5.74, 6) is -1.24. The van der Waals surface area contributed by atoms with Crippen molar-refractivity contribution in [2.24, 2.45) is 5.92 Å². The van der Waals surface area contributed by atoms with E-state index in [2.05, 4.69) is 16.0 Å². The standard InChI is InChI=1S/C14H25N3O3/c18-13(19)11-4-1-2-5-12(11)17-14(20)16-9-3-8-15-10-6-7-10/h10-12,15H,1-9H2,(H,18,19)(H2,16,17,20). The first kappa shape index (κ1) is 15.1. The average Bonchev–Trinajstić information content (AvgIpc) is 3.23. The zero-order valence-electron chi connectivity index (χ0n) is 11.9. The molecule has 0 bridgehead atoms. The van der Waals surface area contributed by atoms with Crippen LogP contribution >= 0.6 is 0 Å². The lowest BCUT2D eigenvalue weighted by atomic mass is 9.84. The van der Waals surface area contributed by atoms with Crippen molar-refractivity contribution >= 4 is 12.0 Å². The number of rotatable bonds is 7. The van der Waals surface area contributed by atoms with Crippen LogP contribution in [-0.4, -0.2) is 42.3 Å². The van der Waals surface area contributed by atoms with Gasteiger partial charge in [-0.1, -0.05) is 12.8 Å². The molecule has 2 aliphatic rings. The summed E-state index contributed by atoms with van der Waals surface area (Å²) in [6.07, 6.45) is 6.78. The zero-order valence-corrected chi connectivity index (χ0v) is 11.9. The molecule has 2 atom stereocenters. The second-order valence-electron chi connectivity index (χ2n) is 5.82. The van der Waals surface area contributed by atoms with Gasteiger partial charge in [-0.2, -0.15) is 0 Å². The molecular formula is C14H25N3O3. The number of carbonyl (C=O) groups excluding carboxylic acids is 1. The molecule has 2 saturated carbocycles. The fourth-order valence-electron chi connectivity index (χ4n) is 2.70. The first-order chi connectivity index (χ1) is 9.66. The normalized spacial score (nSPS) is 26.0. The van der Waals surface area contributed by atoms with Crippen molar-refractivity contribution in [1.82, 2.24) is 16.0 Å². The van der Waals surface area contributed by atoms with E-state index in [4.69, 9.17) is 5.11 Å². The van der Waals surface area contributed by atoms with Crippen LogP contribution in [0.3, 0.4) is 0 Å². The molecule has 6 nitrogen and oxygen atoms in total. The van der Waals surface area contributed by atoms with E-state index in [-0.39, 0.29) is 12.1 Å². The summed E-state index contributed by atoms with van der Waals surface area (Å²) >= 11 is 0. The maximum Gasteiger partial charge on any atom is 0.315 e. The molecule has 2 rings (SSSR count). The van der Waals surface area contributed by atoms with Gasteiger partial charge >= 0.3 is 12.0 Å². The van der Waals surface area contributed by atoms with E-state index < -0.39 is 11.9 Å². The minimum Gasteiger partial charge on any atom is -0.481 e. The molecule has 0 aliphatic heterocycles. The highest BCUT2D eigenvalue weighted by Crippen LogP contribution is 2.24. The quantitative estimate of drug-likeness (QED) is 0.526. The minimum atomic E-state index is -0.802. The lowest BCUT2D eigenvalue weighted by molar-refractivity contribution is -0.143. The molecule has 6 heteroatoms. The molecule has 114 valence electrons. The van der Waals surface area contributed by atoms with Crippen molar-refractivity contribution in [3.8, 4) is 0 Å². The van der Waals surface area contributed by atoms with E-state index in [0.717, 1.165) is 32.2 Å². The monoisotopic (exact) mass is 283 g/mol. The topological polar surface area (TPSA) is 90.5 Å². The Bertz CT molecular complexity index is 345. The summed E-state index contributed by atoms with van der Waals surface area (Å²) in [5.41, 5.74) is 0. The maximum atomic E-state index is 11.8. The molecule has 2 aliphatic carbocycles. The molecular weight excluding hydrogens is 258 g/mol. The van der Waals surface area contributed by atoms with Crippen LogP contribution < -0.4 is 16.0 Å². The van der Waals surface area contributed by atoms with E-state index in [1.54, 1.807) is 0 Å². The number of aliphatic carboxylic acids is 1. The number of carbonyl (C=O) groups is 2. The summed E-state index contributed by atoms with van der Waals surface area (Å²) in [5, 5.41) is 18.1. The number of carboxylic acids is 1. The molecule has 0 aromatic rings. The third kappa shape index (κ3) is 5.00. The van der Waals surface area contributed by atoms with Gasteiger partial charge in [-0.15, -0.1) is 0 Å². The molecule has 0 spiro atoms. The summed E-state index contributed by atoms with van der Waals surface area (Å²) in [6.45, 7) is 1.54. The van der Waals surface area contributed by atoms with Crippen LogP contribution in [-0.2, 0) is 4.79 Å². The van der Waals surface area contributed by atoms with Crippen molar-refractivity contribution in [1.29, 1.82) is 0 Å². The highest BCUT2D eigenvalue weighted by molar-refractivity contribution is 5.76. The van der Waals surface area contributed by atoms with Gasteiger partial charge in [-0.25, -0.2) is 4.79 Å². The van der Waals surface area contributed by atoms with Crippen molar-refractivity contribution in [2.45, 2.75) is 57.0 Å². The SMILES string of the molecule is O=C(NCCCNC1CC1)NC1CCCCC1C(=O)O. The highest BCUT2D eigenvalue weighted by Gasteiger charge is 2.31. The van der Waals surface area contributed by atoms with Crippen LogP contribution in [0.2, 0.25) is 0 Å².